The van der Waals surface area contributed by atoms with Crippen molar-refractivity contribution in [1.82, 2.24) is 0 Å². The van der Waals surface area contributed by atoms with E-state index >= 15 is 0 Å². The fourth-order valence-corrected chi connectivity index (χ4v) is 6.43. The third-order valence-corrected chi connectivity index (χ3v) is 8.44. The van der Waals surface area contributed by atoms with Crippen LogP contribution in [0, 0.1) is 5.92 Å². The van der Waals surface area contributed by atoms with Gasteiger partial charge in [-0.15, -0.1) is 11.3 Å². The minimum absolute atomic E-state index is 0.489. The number of benzene rings is 4. The van der Waals surface area contributed by atoms with E-state index in [1.807, 2.05) is 11.3 Å². The van der Waals surface area contributed by atoms with Crippen molar-refractivity contribution in [1.29, 1.82) is 0 Å². The Hall–Kier alpha value is -4.27. The van der Waals surface area contributed by atoms with E-state index in [4.69, 9.17) is 4.99 Å². The Kier molecular flexibility index (Phi) is 6.96. The van der Waals surface area contributed by atoms with E-state index in [1.165, 1.54) is 42.4 Å². The third-order valence-electron chi connectivity index (χ3n) is 7.30. The lowest BCUT2D eigenvalue weighted by atomic mass is 9.95. The summed E-state index contributed by atoms with van der Waals surface area (Å²) in [6.45, 7) is 8.82. The van der Waals surface area contributed by atoms with Gasteiger partial charge in [0.25, 0.3) is 0 Å². The van der Waals surface area contributed by atoms with Crippen molar-refractivity contribution >= 4 is 42.8 Å². The minimum atomic E-state index is 0.489. The number of fused-ring (bicyclic) bond motifs is 3. The van der Waals surface area contributed by atoms with Crippen LogP contribution in [0.1, 0.15) is 31.4 Å². The largest absolute Gasteiger partial charge is 0.248 e. The van der Waals surface area contributed by atoms with E-state index in [0.717, 1.165) is 29.0 Å². The van der Waals surface area contributed by atoms with E-state index in [9.17, 15) is 0 Å². The van der Waals surface area contributed by atoms with Gasteiger partial charge in [-0.2, -0.15) is 0 Å². The van der Waals surface area contributed by atoms with Gasteiger partial charge in [-0.3, -0.25) is 0 Å². The lowest BCUT2D eigenvalue weighted by molar-refractivity contribution is 0.730. The molecule has 4 aromatic carbocycles. The number of hydrogen-bond donors (Lipinski definition) is 0. The molecule has 1 atom stereocenters. The molecule has 5 aromatic rings. The SMILES string of the molecule is C=C(N=C(/C=C(\C)c1cccc2sc3ccccc3c12)c1cccc(-c2ccccc2)c1)C1=CC(C)CC=C1. The second kappa shape index (κ2) is 10.8. The van der Waals surface area contributed by atoms with Gasteiger partial charge in [0.2, 0.25) is 0 Å². The number of aliphatic imine (C=N–C) groups is 1. The molecule has 1 aromatic heterocycles. The molecule has 0 saturated carbocycles. The molecule has 39 heavy (non-hydrogen) atoms. The van der Waals surface area contributed by atoms with Gasteiger partial charge in [-0.1, -0.05) is 111 Å². The van der Waals surface area contributed by atoms with Gasteiger partial charge in [0.05, 0.1) is 11.4 Å². The normalized spacial score (nSPS) is 16.1. The molecule has 1 unspecified atom stereocenters. The van der Waals surface area contributed by atoms with Crippen molar-refractivity contribution in [3.63, 3.8) is 0 Å². The summed E-state index contributed by atoms with van der Waals surface area (Å²) in [7, 11) is 0. The molecule has 6 rings (SSSR count). The van der Waals surface area contributed by atoms with Crippen LogP contribution in [0.4, 0.5) is 0 Å². The smallest absolute Gasteiger partial charge is 0.0712 e. The van der Waals surface area contributed by atoms with Gasteiger partial charge in [-0.25, -0.2) is 4.99 Å². The van der Waals surface area contributed by atoms with Crippen LogP contribution in [-0.2, 0) is 0 Å². The fraction of sp³-hybridized carbons (Fsp3) is 0.108. The molecule has 0 aliphatic heterocycles. The summed E-state index contributed by atoms with van der Waals surface area (Å²) in [5, 5.41) is 2.62. The van der Waals surface area contributed by atoms with E-state index < -0.39 is 0 Å². The molecule has 0 saturated heterocycles. The molecule has 0 fully saturated rings. The van der Waals surface area contributed by atoms with Gasteiger partial charge in [0, 0.05) is 25.7 Å². The molecule has 0 radical (unpaired) electrons. The highest BCUT2D eigenvalue weighted by Gasteiger charge is 2.13. The lowest BCUT2D eigenvalue weighted by Crippen LogP contribution is -2.02. The summed E-state index contributed by atoms with van der Waals surface area (Å²) < 4.78 is 2.62. The second-order valence-electron chi connectivity index (χ2n) is 10.2. The van der Waals surface area contributed by atoms with Gasteiger partial charge in [-0.05, 0) is 71.4 Å². The van der Waals surface area contributed by atoms with Crippen LogP contribution < -0.4 is 0 Å². The zero-order valence-corrected chi connectivity index (χ0v) is 23.2. The van der Waals surface area contributed by atoms with E-state index in [1.54, 1.807) is 0 Å². The first-order valence-electron chi connectivity index (χ1n) is 13.5. The van der Waals surface area contributed by atoms with Crippen molar-refractivity contribution in [2.24, 2.45) is 10.9 Å². The molecule has 190 valence electrons. The number of rotatable bonds is 6. The maximum Gasteiger partial charge on any atom is 0.0712 e. The molecule has 1 aliphatic carbocycles. The fourth-order valence-electron chi connectivity index (χ4n) is 5.30. The average Bonchev–Trinajstić information content (AvgIpc) is 3.36. The van der Waals surface area contributed by atoms with Crippen LogP contribution >= 0.6 is 11.3 Å². The first-order chi connectivity index (χ1) is 19.1. The number of nitrogens with zero attached hydrogens (tertiary/aromatic N) is 1. The second-order valence-corrected chi connectivity index (χ2v) is 11.3. The molecular formula is C37H31NS. The third kappa shape index (κ3) is 5.21. The van der Waals surface area contributed by atoms with Crippen LogP contribution in [0.15, 0.2) is 144 Å². The number of hydrogen-bond acceptors (Lipinski definition) is 2. The maximum atomic E-state index is 5.16. The Balaban J connectivity index is 1.50. The highest BCUT2D eigenvalue weighted by atomic mass is 32.1. The monoisotopic (exact) mass is 521 g/mol. The predicted molar refractivity (Wildman–Crippen MR) is 172 cm³/mol. The van der Waals surface area contributed by atoms with Gasteiger partial charge in [0.1, 0.15) is 0 Å². The Labute approximate surface area is 234 Å². The first kappa shape index (κ1) is 25.0. The minimum Gasteiger partial charge on any atom is -0.248 e. The Bertz CT molecular complexity index is 1810. The topological polar surface area (TPSA) is 12.4 Å². The molecule has 1 nitrogen and oxygen atoms in total. The van der Waals surface area contributed by atoms with Crippen molar-refractivity contribution in [3.05, 3.63) is 150 Å². The quantitative estimate of drug-likeness (QED) is 0.197. The van der Waals surface area contributed by atoms with Crippen LogP contribution in [0.2, 0.25) is 0 Å². The Morgan fingerprint density at radius 3 is 2.46 bits per heavy atom. The molecule has 1 aliphatic rings. The van der Waals surface area contributed by atoms with Crippen LogP contribution in [0.3, 0.4) is 0 Å². The summed E-state index contributed by atoms with van der Waals surface area (Å²) in [5.74, 6) is 0.489. The number of allylic oxidation sites excluding steroid dienone is 5. The van der Waals surface area contributed by atoms with Crippen molar-refractivity contribution in [2.45, 2.75) is 20.3 Å². The Morgan fingerprint density at radius 2 is 1.62 bits per heavy atom. The van der Waals surface area contributed by atoms with Gasteiger partial charge >= 0.3 is 0 Å². The molecule has 2 heteroatoms. The highest BCUT2D eigenvalue weighted by Crippen LogP contribution is 2.38. The molecule has 0 bridgehead atoms. The first-order valence-corrected chi connectivity index (χ1v) is 14.3. The predicted octanol–water partition coefficient (Wildman–Crippen LogP) is 10.7. The molecular weight excluding hydrogens is 490 g/mol. The molecule has 0 spiro atoms. The zero-order valence-electron chi connectivity index (χ0n) is 22.4. The Morgan fingerprint density at radius 1 is 0.872 bits per heavy atom. The van der Waals surface area contributed by atoms with E-state index in [-0.39, 0.29) is 0 Å². The van der Waals surface area contributed by atoms with E-state index in [0.29, 0.717) is 5.92 Å². The van der Waals surface area contributed by atoms with Gasteiger partial charge < -0.3 is 0 Å². The van der Waals surface area contributed by atoms with Crippen LogP contribution in [0.5, 0.6) is 0 Å². The molecule has 0 N–H and O–H groups in total. The summed E-state index contributed by atoms with van der Waals surface area (Å²) in [4.78, 5) is 5.16. The van der Waals surface area contributed by atoms with Crippen LogP contribution in [-0.4, -0.2) is 5.71 Å². The average molecular weight is 522 g/mol. The summed E-state index contributed by atoms with van der Waals surface area (Å²) in [5.41, 5.74) is 8.68. The molecule has 1 heterocycles. The highest BCUT2D eigenvalue weighted by molar-refractivity contribution is 7.25. The summed E-state index contributed by atoms with van der Waals surface area (Å²) >= 11 is 1.85. The van der Waals surface area contributed by atoms with Crippen LogP contribution in [0.25, 0.3) is 36.9 Å². The summed E-state index contributed by atoms with van der Waals surface area (Å²) in [6, 6.07) is 34.5. The van der Waals surface area contributed by atoms with Crippen molar-refractivity contribution < 1.29 is 0 Å². The van der Waals surface area contributed by atoms with Crippen molar-refractivity contribution in [2.75, 3.05) is 0 Å². The maximum absolute atomic E-state index is 5.16. The zero-order chi connectivity index (χ0) is 26.8. The lowest BCUT2D eigenvalue weighted by Gasteiger charge is -2.14. The van der Waals surface area contributed by atoms with Crippen molar-refractivity contribution in [3.8, 4) is 11.1 Å². The summed E-state index contributed by atoms with van der Waals surface area (Å²) in [6.07, 6.45) is 9.94. The number of thiophene rings is 1. The standard InChI is InChI=1S/C37H31NS/c1-25-12-9-15-29(22-25)27(3)38-34(31-17-10-16-30(24-31)28-13-5-4-6-14-28)23-26(2)32-19-11-21-36-37(32)33-18-7-8-20-35(33)39-36/h4-11,13-25H,3,12H2,1-2H3/b26-23+,38-34?. The van der Waals surface area contributed by atoms with E-state index in [2.05, 4.69) is 142 Å². The molecule has 0 amide bonds. The van der Waals surface area contributed by atoms with Gasteiger partial charge in [0.15, 0.2) is 0 Å².